The molecule has 0 aliphatic heterocycles. The highest BCUT2D eigenvalue weighted by Crippen LogP contribution is 2.33. The lowest BCUT2D eigenvalue weighted by Gasteiger charge is -2.31. The molecule has 0 unspecified atom stereocenters. The second kappa shape index (κ2) is 10.1. The van der Waals surface area contributed by atoms with Crippen LogP contribution in [-0.2, 0) is 0 Å². The van der Waals surface area contributed by atoms with Crippen LogP contribution in [0.2, 0.25) is 10.0 Å². The average Bonchev–Trinajstić information content (AvgIpc) is 2.47. The van der Waals surface area contributed by atoms with E-state index in [2.05, 4.69) is 26.1 Å². The molecule has 0 saturated heterocycles. The van der Waals surface area contributed by atoms with Crippen molar-refractivity contribution >= 4 is 40.0 Å². The Morgan fingerprint density at radius 1 is 1.27 bits per heavy atom. The summed E-state index contributed by atoms with van der Waals surface area (Å²) in [6.07, 6.45) is 0. The molecule has 2 N–H and O–H groups in total. The Labute approximate surface area is 163 Å². The summed E-state index contributed by atoms with van der Waals surface area (Å²) < 4.78 is 0.938. The van der Waals surface area contributed by atoms with E-state index in [9.17, 15) is 10.3 Å². The van der Waals surface area contributed by atoms with Crippen LogP contribution in [-0.4, -0.2) is 52.3 Å². The van der Waals surface area contributed by atoms with E-state index in [1.807, 2.05) is 0 Å². The smallest absolute Gasteiger partial charge is 0.147 e. The molecule has 4 nitrogen and oxygen atoms in total. The van der Waals surface area contributed by atoms with Crippen molar-refractivity contribution in [3.05, 3.63) is 27.7 Å². The summed E-state index contributed by atoms with van der Waals surface area (Å²) in [5, 5.41) is 23.3. The largest absolute Gasteiger partial charge is 1.00 e. The minimum Gasteiger partial charge on any atom is -1.00 e. The van der Waals surface area contributed by atoms with Gasteiger partial charge >= 0.3 is 0 Å². The van der Waals surface area contributed by atoms with E-state index in [1.165, 1.54) is 17.8 Å². The minimum absolute atomic E-state index is 0. The van der Waals surface area contributed by atoms with Crippen LogP contribution >= 0.6 is 35.0 Å². The van der Waals surface area contributed by atoms with Crippen LogP contribution in [0.3, 0.4) is 0 Å². The third-order valence-electron chi connectivity index (χ3n) is 3.75. The predicted octanol–water partition coefficient (Wildman–Crippen LogP) is 1.06. The first-order chi connectivity index (χ1) is 9.86. The maximum absolute atomic E-state index is 9.98. The molecule has 0 amide bonds. The van der Waals surface area contributed by atoms with Crippen molar-refractivity contribution in [1.29, 1.82) is 0 Å². The molecule has 0 bridgehead atoms. The third-order valence-corrected chi connectivity index (χ3v) is 5.21. The standard InChI is InChI=1S/C14H20Cl2N2O2S.HI/c1-4-18(3,5-2)6-7-21-14(17-20)11-8-10(15)9-12(16)13(11)19;/h8-9H,4-7H2,1-3H3,(H-,17,19,20);1H. The summed E-state index contributed by atoms with van der Waals surface area (Å²) in [4.78, 5) is 0. The molecule has 0 fully saturated rings. The average molecular weight is 479 g/mol. The Hall–Kier alpha value is 0.110. The van der Waals surface area contributed by atoms with Crippen molar-refractivity contribution in [3.63, 3.8) is 0 Å². The van der Waals surface area contributed by atoms with Crippen LogP contribution in [0.1, 0.15) is 19.4 Å². The Morgan fingerprint density at radius 3 is 2.36 bits per heavy atom. The van der Waals surface area contributed by atoms with Gasteiger partial charge in [0.25, 0.3) is 0 Å². The fraction of sp³-hybridized carbons (Fsp3) is 0.500. The quantitative estimate of drug-likeness (QED) is 0.160. The highest BCUT2D eigenvalue weighted by Gasteiger charge is 2.19. The van der Waals surface area contributed by atoms with E-state index in [4.69, 9.17) is 23.2 Å². The lowest BCUT2D eigenvalue weighted by Crippen LogP contribution is -3.00. The number of benzene rings is 1. The molecule has 8 heteroatoms. The number of hydrogen-bond donors (Lipinski definition) is 2. The molecule has 0 aromatic heterocycles. The fourth-order valence-corrected chi connectivity index (χ4v) is 3.38. The van der Waals surface area contributed by atoms with E-state index in [-0.39, 0.29) is 34.7 Å². The van der Waals surface area contributed by atoms with Gasteiger partial charge in [-0.05, 0) is 26.0 Å². The molecule has 0 spiro atoms. The van der Waals surface area contributed by atoms with Crippen molar-refractivity contribution in [2.75, 3.05) is 32.4 Å². The zero-order valence-electron chi connectivity index (χ0n) is 12.8. The van der Waals surface area contributed by atoms with Crippen LogP contribution < -0.4 is 24.0 Å². The maximum Gasteiger partial charge on any atom is 0.147 e. The van der Waals surface area contributed by atoms with Gasteiger partial charge in [0, 0.05) is 10.8 Å². The van der Waals surface area contributed by atoms with Gasteiger partial charge in [0.15, 0.2) is 0 Å². The van der Waals surface area contributed by atoms with Gasteiger partial charge in [-0.15, -0.1) is 0 Å². The zero-order chi connectivity index (χ0) is 16.0. The molecule has 0 aliphatic carbocycles. The van der Waals surface area contributed by atoms with Gasteiger partial charge in [-0.3, -0.25) is 0 Å². The number of hydrogen-bond acceptors (Lipinski definition) is 4. The number of halogens is 3. The second-order valence-electron chi connectivity index (χ2n) is 5.01. The van der Waals surface area contributed by atoms with Crippen molar-refractivity contribution in [3.8, 4) is 5.75 Å². The van der Waals surface area contributed by atoms with Crippen LogP contribution in [0.4, 0.5) is 0 Å². The van der Waals surface area contributed by atoms with Gasteiger partial charge < -0.3 is 38.8 Å². The summed E-state index contributed by atoms with van der Waals surface area (Å²) in [5.41, 5.74) is 0.349. The van der Waals surface area contributed by atoms with Crippen molar-refractivity contribution in [2.24, 2.45) is 5.16 Å². The normalized spacial score (nSPS) is 12.1. The summed E-state index contributed by atoms with van der Waals surface area (Å²) in [5.74, 6) is 0.644. The molecule has 22 heavy (non-hydrogen) atoms. The number of nitrogens with zero attached hydrogens (tertiary/aromatic N) is 2. The van der Waals surface area contributed by atoms with Crippen molar-refractivity contribution < 1.29 is 38.8 Å². The zero-order valence-corrected chi connectivity index (χ0v) is 17.3. The second-order valence-corrected chi connectivity index (χ2v) is 6.94. The number of quaternary nitrogens is 1. The highest BCUT2D eigenvalue weighted by molar-refractivity contribution is 8.14. The first-order valence-corrected chi connectivity index (χ1v) is 8.47. The number of phenolic OH excluding ortho intramolecular Hbond substituents is 1. The van der Waals surface area contributed by atoms with Gasteiger partial charge in [-0.1, -0.05) is 40.1 Å². The van der Waals surface area contributed by atoms with Gasteiger partial charge in [0.1, 0.15) is 10.8 Å². The van der Waals surface area contributed by atoms with Crippen LogP contribution in [0.5, 0.6) is 5.75 Å². The van der Waals surface area contributed by atoms with E-state index >= 15 is 0 Å². The first-order valence-electron chi connectivity index (χ1n) is 6.73. The number of aromatic hydroxyl groups is 1. The molecular formula is C14H21Cl2IN2O2S. The summed E-state index contributed by atoms with van der Waals surface area (Å²) in [6.45, 7) is 7.31. The summed E-state index contributed by atoms with van der Waals surface area (Å²) >= 11 is 13.2. The number of phenols is 1. The molecule has 1 aromatic carbocycles. The topological polar surface area (TPSA) is 52.8 Å². The monoisotopic (exact) mass is 478 g/mol. The molecule has 126 valence electrons. The summed E-state index contributed by atoms with van der Waals surface area (Å²) in [6, 6.07) is 2.99. The lowest BCUT2D eigenvalue weighted by molar-refractivity contribution is -0.903. The first kappa shape index (κ1) is 22.1. The molecule has 0 aliphatic rings. The van der Waals surface area contributed by atoms with E-state index in [1.54, 1.807) is 6.07 Å². The highest BCUT2D eigenvalue weighted by atomic mass is 127. The molecular weight excluding hydrogens is 458 g/mol. The van der Waals surface area contributed by atoms with Crippen molar-refractivity contribution in [1.82, 2.24) is 0 Å². The minimum atomic E-state index is -0.121. The van der Waals surface area contributed by atoms with Crippen molar-refractivity contribution in [2.45, 2.75) is 13.8 Å². The number of oxime groups is 1. The molecule has 0 saturated carbocycles. The lowest BCUT2D eigenvalue weighted by atomic mass is 10.2. The van der Waals surface area contributed by atoms with E-state index in [0.717, 1.165) is 29.9 Å². The maximum atomic E-state index is 9.98. The van der Waals surface area contributed by atoms with Crippen LogP contribution in [0, 0.1) is 0 Å². The Morgan fingerprint density at radius 2 is 1.86 bits per heavy atom. The predicted molar refractivity (Wildman–Crippen MR) is 91.0 cm³/mol. The Balaban J connectivity index is 0.00000441. The van der Waals surface area contributed by atoms with Crippen LogP contribution in [0.25, 0.3) is 0 Å². The fourth-order valence-electron chi connectivity index (χ4n) is 1.79. The summed E-state index contributed by atoms with van der Waals surface area (Å²) in [7, 11) is 2.18. The van der Waals surface area contributed by atoms with E-state index in [0.29, 0.717) is 15.6 Å². The van der Waals surface area contributed by atoms with E-state index < -0.39 is 0 Å². The van der Waals surface area contributed by atoms with Gasteiger partial charge in [-0.2, -0.15) is 0 Å². The number of rotatable bonds is 6. The number of thioether (sulfide) groups is 1. The molecule has 0 atom stereocenters. The molecule has 0 radical (unpaired) electrons. The molecule has 0 heterocycles. The Bertz CT molecular complexity index is 526. The van der Waals surface area contributed by atoms with Crippen LogP contribution in [0.15, 0.2) is 17.3 Å². The molecule has 1 rings (SSSR count). The van der Waals surface area contributed by atoms with Gasteiger partial charge in [0.05, 0.1) is 37.3 Å². The molecule has 1 aromatic rings. The van der Waals surface area contributed by atoms with Gasteiger partial charge in [0.2, 0.25) is 0 Å². The third kappa shape index (κ3) is 5.96. The SMILES string of the molecule is CC[N+](C)(CC)CCS/C(=N/O)c1cc(Cl)cc(Cl)c1O.[I-]. The Kier molecular flexibility index (Phi) is 10.1. The van der Waals surface area contributed by atoms with Gasteiger partial charge in [-0.25, -0.2) is 0 Å².